The standard InChI is InChI=1S/C24H25FN6O2/c1-16-12-28-30-21(16)11-18-8-6-17(7-9-18)10-20-14-29-31-24(20,26)23(32)27-13-19-4-2-3-5-22(19)33-15-25/h2-9,12,14H,10-11,13,15,26H2,1H3,(H,27,32)(H,28,30). The molecule has 170 valence electrons. The Morgan fingerprint density at radius 3 is 2.58 bits per heavy atom. The molecule has 2 aromatic carbocycles. The van der Waals surface area contributed by atoms with Crippen LogP contribution in [0.1, 0.15) is 27.9 Å². The van der Waals surface area contributed by atoms with E-state index in [2.05, 4.69) is 25.7 Å². The maximum absolute atomic E-state index is 12.9. The Morgan fingerprint density at radius 1 is 1.15 bits per heavy atom. The fourth-order valence-electron chi connectivity index (χ4n) is 3.63. The van der Waals surface area contributed by atoms with Crippen molar-refractivity contribution in [3.8, 4) is 5.75 Å². The van der Waals surface area contributed by atoms with Crippen molar-refractivity contribution < 1.29 is 13.9 Å². The summed E-state index contributed by atoms with van der Waals surface area (Å²) in [6.45, 7) is 1.19. The number of para-hydroxylation sites is 1. The van der Waals surface area contributed by atoms with Gasteiger partial charge in [0.1, 0.15) is 5.75 Å². The number of aromatic nitrogens is 2. The first kappa shape index (κ1) is 22.3. The highest BCUT2D eigenvalue weighted by Crippen LogP contribution is 2.27. The van der Waals surface area contributed by atoms with Crippen LogP contribution < -0.4 is 15.8 Å². The molecule has 0 saturated carbocycles. The Hall–Kier alpha value is -3.85. The minimum atomic E-state index is -1.60. The summed E-state index contributed by atoms with van der Waals surface area (Å²) in [5.74, 6) is -0.128. The second kappa shape index (κ2) is 9.74. The second-order valence-corrected chi connectivity index (χ2v) is 7.88. The number of hydrogen-bond acceptors (Lipinski definition) is 6. The SMILES string of the molecule is Cc1cn[nH]c1Cc1ccc(CC2=CN=NC2(N)C(=O)NCc2ccccc2OCF)cc1. The van der Waals surface area contributed by atoms with E-state index in [1.54, 1.807) is 24.3 Å². The highest BCUT2D eigenvalue weighted by molar-refractivity contribution is 5.89. The number of alkyl halides is 1. The first-order chi connectivity index (χ1) is 16.0. The van der Waals surface area contributed by atoms with Crippen molar-refractivity contribution in [2.75, 3.05) is 6.86 Å². The van der Waals surface area contributed by atoms with Gasteiger partial charge in [0.15, 0.2) is 0 Å². The van der Waals surface area contributed by atoms with Crippen LogP contribution in [0.25, 0.3) is 0 Å². The van der Waals surface area contributed by atoms with Gasteiger partial charge in [0.2, 0.25) is 12.5 Å². The van der Waals surface area contributed by atoms with E-state index in [0.29, 0.717) is 23.3 Å². The van der Waals surface area contributed by atoms with Crippen molar-refractivity contribution >= 4 is 5.91 Å². The number of H-pyrrole nitrogens is 1. The molecule has 1 atom stereocenters. The fourth-order valence-corrected chi connectivity index (χ4v) is 3.63. The summed E-state index contributed by atoms with van der Waals surface area (Å²) in [6.07, 6.45) is 4.53. The average Bonchev–Trinajstić information content (AvgIpc) is 3.40. The number of hydrogen-bond donors (Lipinski definition) is 3. The van der Waals surface area contributed by atoms with Gasteiger partial charge in [0, 0.05) is 29.8 Å². The Bertz CT molecular complexity index is 1190. The van der Waals surface area contributed by atoms with Gasteiger partial charge in [-0.15, -0.1) is 0 Å². The molecule has 8 nitrogen and oxygen atoms in total. The molecule has 1 aliphatic heterocycles. The highest BCUT2D eigenvalue weighted by Gasteiger charge is 2.41. The number of halogens is 1. The number of azo groups is 1. The van der Waals surface area contributed by atoms with E-state index >= 15 is 0 Å². The number of aryl methyl sites for hydroxylation is 1. The quantitative estimate of drug-likeness (QED) is 0.464. The van der Waals surface area contributed by atoms with Gasteiger partial charge in [-0.05, 0) is 36.1 Å². The third-order valence-corrected chi connectivity index (χ3v) is 5.62. The predicted molar refractivity (Wildman–Crippen MR) is 121 cm³/mol. The number of aromatic amines is 1. The normalized spacial score (nSPS) is 17.1. The van der Waals surface area contributed by atoms with E-state index in [0.717, 1.165) is 28.8 Å². The summed E-state index contributed by atoms with van der Waals surface area (Å²) in [5, 5.41) is 17.7. The molecule has 0 saturated heterocycles. The van der Waals surface area contributed by atoms with Crippen LogP contribution in [0, 0.1) is 6.92 Å². The molecule has 4 rings (SSSR count). The second-order valence-electron chi connectivity index (χ2n) is 7.88. The zero-order valence-electron chi connectivity index (χ0n) is 18.2. The van der Waals surface area contributed by atoms with Crippen molar-refractivity contribution in [1.82, 2.24) is 15.5 Å². The lowest BCUT2D eigenvalue weighted by molar-refractivity contribution is -0.125. The number of nitrogens with zero attached hydrogens (tertiary/aromatic N) is 3. The minimum absolute atomic E-state index is 0.123. The van der Waals surface area contributed by atoms with Crippen LogP contribution in [0.5, 0.6) is 5.75 Å². The van der Waals surface area contributed by atoms with Crippen LogP contribution in [-0.4, -0.2) is 28.6 Å². The maximum Gasteiger partial charge on any atom is 0.269 e. The lowest BCUT2D eigenvalue weighted by Crippen LogP contribution is -2.53. The monoisotopic (exact) mass is 448 g/mol. The highest BCUT2D eigenvalue weighted by atomic mass is 19.1. The molecule has 0 bridgehead atoms. The molecule has 0 radical (unpaired) electrons. The topological polar surface area (TPSA) is 118 Å². The summed E-state index contributed by atoms with van der Waals surface area (Å²) in [7, 11) is 0. The van der Waals surface area contributed by atoms with Crippen LogP contribution in [-0.2, 0) is 24.2 Å². The van der Waals surface area contributed by atoms with Crippen LogP contribution in [0.4, 0.5) is 4.39 Å². The molecular formula is C24H25FN6O2. The van der Waals surface area contributed by atoms with Gasteiger partial charge in [-0.2, -0.15) is 15.3 Å². The Balaban J connectivity index is 1.39. The number of rotatable bonds is 9. The van der Waals surface area contributed by atoms with Crippen molar-refractivity contribution in [1.29, 1.82) is 0 Å². The summed E-state index contributed by atoms with van der Waals surface area (Å²) in [6, 6.07) is 15.0. The van der Waals surface area contributed by atoms with Crippen LogP contribution in [0.3, 0.4) is 0 Å². The van der Waals surface area contributed by atoms with E-state index in [9.17, 15) is 9.18 Å². The zero-order valence-corrected chi connectivity index (χ0v) is 18.2. The number of ether oxygens (including phenoxy) is 1. The summed E-state index contributed by atoms with van der Waals surface area (Å²) >= 11 is 0. The van der Waals surface area contributed by atoms with E-state index in [4.69, 9.17) is 10.5 Å². The molecule has 0 spiro atoms. The number of amides is 1. The first-order valence-corrected chi connectivity index (χ1v) is 10.5. The molecule has 2 heterocycles. The summed E-state index contributed by atoms with van der Waals surface area (Å²) in [4.78, 5) is 12.9. The molecule has 33 heavy (non-hydrogen) atoms. The third-order valence-electron chi connectivity index (χ3n) is 5.62. The first-order valence-electron chi connectivity index (χ1n) is 10.5. The smallest absolute Gasteiger partial charge is 0.269 e. The maximum atomic E-state index is 12.9. The zero-order chi connectivity index (χ0) is 23.3. The average molecular weight is 449 g/mol. The molecular weight excluding hydrogens is 423 g/mol. The molecule has 1 amide bonds. The molecule has 9 heteroatoms. The largest absolute Gasteiger partial charge is 0.463 e. The van der Waals surface area contributed by atoms with E-state index in [1.165, 1.54) is 6.20 Å². The van der Waals surface area contributed by atoms with Gasteiger partial charge in [0.05, 0.1) is 12.4 Å². The van der Waals surface area contributed by atoms with Gasteiger partial charge in [-0.3, -0.25) is 15.6 Å². The lowest BCUT2D eigenvalue weighted by atomic mass is 9.94. The van der Waals surface area contributed by atoms with Gasteiger partial charge in [0.25, 0.3) is 5.91 Å². The molecule has 1 unspecified atom stereocenters. The summed E-state index contributed by atoms with van der Waals surface area (Å²) < 4.78 is 17.6. The number of carbonyl (C=O) groups is 1. The van der Waals surface area contributed by atoms with Gasteiger partial charge < -0.3 is 10.1 Å². The van der Waals surface area contributed by atoms with Crippen molar-refractivity contribution in [3.63, 3.8) is 0 Å². The molecule has 0 aliphatic carbocycles. The van der Waals surface area contributed by atoms with Crippen LogP contribution in [0.15, 0.2) is 76.7 Å². The molecule has 0 fully saturated rings. The predicted octanol–water partition coefficient (Wildman–Crippen LogP) is 3.48. The molecule has 1 aliphatic rings. The number of nitrogens with two attached hydrogens (primary N) is 1. The lowest BCUT2D eigenvalue weighted by Gasteiger charge is -2.23. The van der Waals surface area contributed by atoms with Crippen molar-refractivity contribution in [2.24, 2.45) is 16.0 Å². The Kier molecular flexibility index (Phi) is 6.60. The number of benzene rings is 2. The van der Waals surface area contributed by atoms with Gasteiger partial charge in [-0.25, -0.2) is 4.39 Å². The molecule has 1 aromatic heterocycles. The third kappa shape index (κ3) is 4.98. The minimum Gasteiger partial charge on any atom is -0.463 e. The van der Waals surface area contributed by atoms with Crippen LogP contribution >= 0.6 is 0 Å². The van der Waals surface area contributed by atoms with Gasteiger partial charge >= 0.3 is 0 Å². The molecule has 3 aromatic rings. The van der Waals surface area contributed by atoms with E-state index in [1.807, 2.05) is 37.4 Å². The van der Waals surface area contributed by atoms with E-state index < -0.39 is 18.4 Å². The fraction of sp³-hybridized carbons (Fsp3) is 0.250. The number of carbonyl (C=O) groups excluding carboxylic acids is 1. The number of nitrogens with one attached hydrogen (secondary N) is 2. The van der Waals surface area contributed by atoms with E-state index in [-0.39, 0.29) is 6.54 Å². The van der Waals surface area contributed by atoms with Crippen LogP contribution in [0.2, 0.25) is 0 Å². The Morgan fingerprint density at radius 2 is 1.88 bits per heavy atom. The molecule has 4 N–H and O–H groups in total. The Labute approximate surface area is 190 Å². The van der Waals surface area contributed by atoms with Crippen molar-refractivity contribution in [2.45, 2.75) is 32.0 Å². The van der Waals surface area contributed by atoms with Gasteiger partial charge in [-0.1, -0.05) is 42.5 Å². The van der Waals surface area contributed by atoms with Crippen molar-refractivity contribution in [3.05, 3.63) is 94.4 Å². The summed E-state index contributed by atoms with van der Waals surface area (Å²) in [5.41, 5.74) is 10.3.